The number of amides is 2. The molecule has 5 N–H and O–H groups in total. The first-order valence-electron chi connectivity index (χ1n) is 5.54. The number of pyridine rings is 1. The monoisotopic (exact) mass is 251 g/mol. The SMILES string of the molecule is CCN(CC(N)=O)Cc1cccc(C(=O)NN)n1. The first kappa shape index (κ1) is 14.1. The van der Waals surface area contributed by atoms with Crippen LogP contribution in [-0.4, -0.2) is 34.8 Å². The molecule has 0 aliphatic rings. The van der Waals surface area contributed by atoms with Crippen LogP contribution in [0.1, 0.15) is 23.1 Å². The molecule has 0 bridgehead atoms. The van der Waals surface area contributed by atoms with Crippen molar-refractivity contribution in [1.29, 1.82) is 0 Å². The number of likely N-dealkylation sites (N-methyl/N-ethyl adjacent to an activating group) is 1. The van der Waals surface area contributed by atoms with Crippen LogP contribution in [0.4, 0.5) is 0 Å². The Kier molecular flexibility index (Phi) is 5.22. The summed E-state index contributed by atoms with van der Waals surface area (Å²) in [4.78, 5) is 28.2. The highest BCUT2D eigenvalue weighted by molar-refractivity contribution is 5.91. The van der Waals surface area contributed by atoms with Crippen LogP contribution in [0.3, 0.4) is 0 Å². The van der Waals surface area contributed by atoms with Crippen molar-refractivity contribution in [2.24, 2.45) is 11.6 Å². The molecule has 98 valence electrons. The molecule has 0 saturated heterocycles. The largest absolute Gasteiger partial charge is 0.369 e. The van der Waals surface area contributed by atoms with Crippen LogP contribution in [0.15, 0.2) is 18.2 Å². The summed E-state index contributed by atoms with van der Waals surface area (Å²) in [5.74, 6) is 4.19. The summed E-state index contributed by atoms with van der Waals surface area (Å²) in [5, 5.41) is 0. The maximum Gasteiger partial charge on any atom is 0.283 e. The van der Waals surface area contributed by atoms with E-state index in [1.54, 1.807) is 18.2 Å². The average molecular weight is 251 g/mol. The number of aromatic nitrogens is 1. The number of carbonyl (C=O) groups is 2. The van der Waals surface area contributed by atoms with Gasteiger partial charge in [0.1, 0.15) is 5.69 Å². The Bertz CT molecular complexity index is 435. The van der Waals surface area contributed by atoms with Gasteiger partial charge in [0.05, 0.1) is 12.2 Å². The molecule has 1 rings (SSSR count). The fourth-order valence-electron chi connectivity index (χ4n) is 1.50. The minimum atomic E-state index is -0.449. The van der Waals surface area contributed by atoms with Crippen molar-refractivity contribution >= 4 is 11.8 Å². The van der Waals surface area contributed by atoms with E-state index in [1.807, 2.05) is 17.2 Å². The summed E-state index contributed by atoms with van der Waals surface area (Å²) in [5.41, 5.74) is 8.08. The summed E-state index contributed by atoms with van der Waals surface area (Å²) in [6.07, 6.45) is 0. The Hall–Kier alpha value is -1.99. The summed E-state index contributed by atoms with van der Waals surface area (Å²) in [6, 6.07) is 5.05. The molecular weight excluding hydrogens is 234 g/mol. The van der Waals surface area contributed by atoms with Crippen LogP contribution in [0.25, 0.3) is 0 Å². The van der Waals surface area contributed by atoms with Gasteiger partial charge in [0.25, 0.3) is 5.91 Å². The lowest BCUT2D eigenvalue weighted by Gasteiger charge is -2.17. The Labute approximate surface area is 105 Å². The van der Waals surface area contributed by atoms with Gasteiger partial charge >= 0.3 is 0 Å². The number of hydrazine groups is 1. The highest BCUT2D eigenvalue weighted by atomic mass is 16.2. The molecule has 0 radical (unpaired) electrons. The molecule has 0 aromatic carbocycles. The number of rotatable bonds is 6. The zero-order valence-electron chi connectivity index (χ0n) is 10.2. The van der Waals surface area contributed by atoms with Crippen molar-refractivity contribution < 1.29 is 9.59 Å². The minimum Gasteiger partial charge on any atom is -0.369 e. The maximum absolute atomic E-state index is 11.3. The molecule has 0 spiro atoms. The molecule has 7 heteroatoms. The van der Waals surface area contributed by atoms with Crippen LogP contribution in [0, 0.1) is 0 Å². The number of hydrogen-bond acceptors (Lipinski definition) is 5. The van der Waals surface area contributed by atoms with Crippen molar-refractivity contribution in [2.45, 2.75) is 13.5 Å². The molecule has 1 aromatic rings. The molecule has 1 heterocycles. The third-order valence-electron chi connectivity index (χ3n) is 2.38. The summed E-state index contributed by atoms with van der Waals surface area (Å²) in [7, 11) is 0. The summed E-state index contributed by atoms with van der Waals surface area (Å²) < 4.78 is 0. The van der Waals surface area contributed by atoms with Crippen LogP contribution < -0.4 is 17.0 Å². The van der Waals surface area contributed by atoms with Gasteiger partial charge < -0.3 is 5.73 Å². The van der Waals surface area contributed by atoms with Crippen molar-refractivity contribution in [3.05, 3.63) is 29.6 Å². The highest BCUT2D eigenvalue weighted by Crippen LogP contribution is 2.03. The van der Waals surface area contributed by atoms with Gasteiger partial charge in [-0.2, -0.15) is 0 Å². The average Bonchev–Trinajstić information content (AvgIpc) is 2.36. The molecule has 1 aromatic heterocycles. The molecular formula is C11H17N5O2. The van der Waals surface area contributed by atoms with Crippen molar-refractivity contribution in [3.8, 4) is 0 Å². The predicted molar refractivity (Wildman–Crippen MR) is 66.0 cm³/mol. The minimum absolute atomic E-state index is 0.158. The van der Waals surface area contributed by atoms with E-state index in [4.69, 9.17) is 11.6 Å². The van der Waals surface area contributed by atoms with Gasteiger partial charge in [0, 0.05) is 6.54 Å². The molecule has 2 amide bonds. The van der Waals surface area contributed by atoms with Gasteiger partial charge in [0.15, 0.2) is 0 Å². The molecule has 0 unspecified atom stereocenters. The van der Waals surface area contributed by atoms with Crippen molar-refractivity contribution in [1.82, 2.24) is 15.3 Å². The molecule has 0 atom stereocenters. The van der Waals surface area contributed by atoms with Gasteiger partial charge in [-0.3, -0.25) is 19.9 Å². The van der Waals surface area contributed by atoms with Gasteiger partial charge in [0.2, 0.25) is 5.91 Å². The van der Waals surface area contributed by atoms with E-state index in [-0.39, 0.29) is 12.2 Å². The third kappa shape index (κ3) is 4.11. The molecule has 18 heavy (non-hydrogen) atoms. The number of nitrogens with two attached hydrogens (primary N) is 2. The normalized spacial score (nSPS) is 10.4. The summed E-state index contributed by atoms with van der Waals surface area (Å²) in [6.45, 7) is 3.19. The fourth-order valence-corrected chi connectivity index (χ4v) is 1.50. The van der Waals surface area contributed by atoms with Crippen LogP contribution in [-0.2, 0) is 11.3 Å². The second-order valence-corrected chi connectivity index (χ2v) is 3.76. The van der Waals surface area contributed by atoms with Gasteiger partial charge in [-0.15, -0.1) is 0 Å². The zero-order chi connectivity index (χ0) is 13.5. The first-order chi connectivity index (χ1) is 8.56. The van der Waals surface area contributed by atoms with E-state index in [1.165, 1.54) is 0 Å². The topological polar surface area (TPSA) is 114 Å². The third-order valence-corrected chi connectivity index (χ3v) is 2.38. The molecule has 0 aliphatic heterocycles. The quantitative estimate of drug-likeness (QED) is 0.340. The fraction of sp³-hybridized carbons (Fsp3) is 0.364. The van der Waals surface area contributed by atoms with Gasteiger partial charge in [-0.1, -0.05) is 13.0 Å². The Morgan fingerprint density at radius 2 is 2.17 bits per heavy atom. The van der Waals surface area contributed by atoms with E-state index in [0.717, 1.165) is 0 Å². The number of hydrogen-bond donors (Lipinski definition) is 3. The first-order valence-corrected chi connectivity index (χ1v) is 5.54. The standard InChI is InChI=1S/C11H17N5O2/c1-2-16(7-10(12)17)6-8-4-3-5-9(14-8)11(18)15-13/h3-5H,2,6-7,13H2,1H3,(H2,12,17)(H,15,18). The molecule has 0 saturated carbocycles. The lowest BCUT2D eigenvalue weighted by molar-refractivity contribution is -0.119. The maximum atomic E-state index is 11.3. The van der Waals surface area contributed by atoms with E-state index in [0.29, 0.717) is 18.8 Å². The molecule has 0 fully saturated rings. The number of nitrogens with zero attached hydrogens (tertiary/aromatic N) is 2. The summed E-state index contributed by atoms with van der Waals surface area (Å²) >= 11 is 0. The number of nitrogen functional groups attached to an aromatic ring is 1. The lowest BCUT2D eigenvalue weighted by Crippen LogP contribution is -2.34. The predicted octanol–water partition coefficient (Wildman–Crippen LogP) is -1.01. The number of carbonyl (C=O) groups excluding carboxylic acids is 2. The van der Waals surface area contributed by atoms with Gasteiger partial charge in [-0.05, 0) is 18.7 Å². The Morgan fingerprint density at radius 1 is 1.44 bits per heavy atom. The smallest absolute Gasteiger partial charge is 0.283 e. The second kappa shape index (κ2) is 6.67. The Balaban J connectivity index is 2.77. The second-order valence-electron chi connectivity index (χ2n) is 3.76. The molecule has 0 aliphatic carbocycles. The highest BCUT2D eigenvalue weighted by Gasteiger charge is 2.10. The van der Waals surface area contributed by atoms with E-state index in [2.05, 4.69) is 4.98 Å². The van der Waals surface area contributed by atoms with E-state index < -0.39 is 11.8 Å². The number of primary amides is 1. The van der Waals surface area contributed by atoms with Crippen molar-refractivity contribution in [3.63, 3.8) is 0 Å². The van der Waals surface area contributed by atoms with Crippen LogP contribution >= 0.6 is 0 Å². The Morgan fingerprint density at radius 3 is 2.72 bits per heavy atom. The van der Waals surface area contributed by atoms with E-state index >= 15 is 0 Å². The lowest BCUT2D eigenvalue weighted by atomic mass is 10.2. The number of nitrogens with one attached hydrogen (secondary N) is 1. The van der Waals surface area contributed by atoms with E-state index in [9.17, 15) is 9.59 Å². The van der Waals surface area contributed by atoms with Crippen LogP contribution in [0.2, 0.25) is 0 Å². The van der Waals surface area contributed by atoms with Crippen LogP contribution in [0.5, 0.6) is 0 Å². The van der Waals surface area contributed by atoms with Gasteiger partial charge in [-0.25, -0.2) is 10.8 Å². The van der Waals surface area contributed by atoms with Crippen molar-refractivity contribution in [2.75, 3.05) is 13.1 Å². The molecule has 7 nitrogen and oxygen atoms in total. The zero-order valence-corrected chi connectivity index (χ0v) is 10.2.